The summed E-state index contributed by atoms with van der Waals surface area (Å²) in [6, 6.07) is 6.81. The second-order valence-corrected chi connectivity index (χ2v) is 4.56. The molecule has 2 rings (SSSR count). The van der Waals surface area contributed by atoms with Gasteiger partial charge >= 0.3 is 5.97 Å². The summed E-state index contributed by atoms with van der Waals surface area (Å²) < 4.78 is 0. The molecular weight excluding hydrogens is 244 g/mol. The number of hydrogen-bond donors (Lipinski definition) is 4. The SMILES string of the molecule is CC1=C(Cc2ccccc2O)C(N)(C(=O)O)NC=C1. The van der Waals surface area contributed by atoms with E-state index in [2.05, 4.69) is 5.32 Å². The topological polar surface area (TPSA) is 95.6 Å². The lowest BCUT2D eigenvalue weighted by Gasteiger charge is -2.32. The molecule has 1 aliphatic rings. The summed E-state index contributed by atoms with van der Waals surface area (Å²) in [5.74, 6) is -1.02. The lowest BCUT2D eigenvalue weighted by Crippen LogP contribution is -2.60. The molecule has 19 heavy (non-hydrogen) atoms. The second-order valence-electron chi connectivity index (χ2n) is 4.56. The number of benzene rings is 1. The summed E-state index contributed by atoms with van der Waals surface area (Å²) >= 11 is 0. The number of nitrogens with two attached hydrogens (primary N) is 1. The van der Waals surface area contributed by atoms with Gasteiger partial charge in [0.2, 0.25) is 5.66 Å². The first-order chi connectivity index (χ1) is 8.95. The van der Waals surface area contributed by atoms with Gasteiger partial charge in [-0.2, -0.15) is 0 Å². The Morgan fingerprint density at radius 3 is 2.74 bits per heavy atom. The van der Waals surface area contributed by atoms with Gasteiger partial charge in [-0.25, -0.2) is 4.79 Å². The van der Waals surface area contributed by atoms with Crippen LogP contribution in [0.15, 0.2) is 47.7 Å². The lowest BCUT2D eigenvalue weighted by molar-refractivity contribution is -0.142. The molecular formula is C14H16N2O3. The third kappa shape index (κ3) is 2.32. The smallest absolute Gasteiger partial charge is 0.348 e. The van der Waals surface area contributed by atoms with Crippen molar-refractivity contribution < 1.29 is 15.0 Å². The molecule has 100 valence electrons. The summed E-state index contributed by atoms with van der Waals surface area (Å²) in [4.78, 5) is 11.4. The number of nitrogens with one attached hydrogen (secondary N) is 1. The summed E-state index contributed by atoms with van der Waals surface area (Å²) in [5.41, 5.74) is 6.25. The van der Waals surface area contributed by atoms with Crippen LogP contribution in [0.4, 0.5) is 0 Å². The van der Waals surface area contributed by atoms with Gasteiger partial charge in [-0.05, 0) is 42.0 Å². The third-order valence-corrected chi connectivity index (χ3v) is 3.29. The van der Waals surface area contributed by atoms with Gasteiger partial charge in [0, 0.05) is 6.42 Å². The van der Waals surface area contributed by atoms with E-state index in [1.807, 2.05) is 0 Å². The first kappa shape index (κ1) is 13.2. The Kier molecular flexibility index (Phi) is 3.31. The largest absolute Gasteiger partial charge is 0.508 e. The Balaban J connectivity index is 2.43. The molecule has 1 atom stereocenters. The number of carboxylic acids is 1. The van der Waals surface area contributed by atoms with E-state index in [0.29, 0.717) is 11.1 Å². The fraction of sp³-hybridized carbons (Fsp3) is 0.214. The summed E-state index contributed by atoms with van der Waals surface area (Å²) in [6.45, 7) is 1.80. The van der Waals surface area contributed by atoms with Crippen molar-refractivity contribution >= 4 is 5.97 Å². The normalized spacial score (nSPS) is 22.2. The molecule has 1 aromatic carbocycles. The van der Waals surface area contributed by atoms with Crippen molar-refractivity contribution in [2.75, 3.05) is 0 Å². The number of dihydropyridines is 1. The number of para-hydroxylation sites is 1. The molecule has 0 aromatic heterocycles. The molecule has 1 unspecified atom stereocenters. The summed E-state index contributed by atoms with van der Waals surface area (Å²) in [7, 11) is 0. The van der Waals surface area contributed by atoms with Crippen LogP contribution in [0, 0.1) is 0 Å². The van der Waals surface area contributed by atoms with E-state index in [0.717, 1.165) is 5.57 Å². The summed E-state index contributed by atoms with van der Waals surface area (Å²) in [5, 5.41) is 21.8. The number of hydrogen-bond acceptors (Lipinski definition) is 4. The van der Waals surface area contributed by atoms with Crippen LogP contribution < -0.4 is 11.1 Å². The van der Waals surface area contributed by atoms with Crippen molar-refractivity contribution in [3.05, 3.63) is 53.3 Å². The van der Waals surface area contributed by atoms with Gasteiger partial charge in [0.05, 0.1) is 0 Å². The van der Waals surface area contributed by atoms with Crippen molar-refractivity contribution in [1.82, 2.24) is 5.32 Å². The molecule has 0 saturated carbocycles. The van der Waals surface area contributed by atoms with Crippen LogP contribution in [0.5, 0.6) is 5.75 Å². The first-order valence-corrected chi connectivity index (χ1v) is 5.89. The van der Waals surface area contributed by atoms with Gasteiger partial charge in [-0.15, -0.1) is 0 Å². The molecule has 1 heterocycles. The van der Waals surface area contributed by atoms with Crippen LogP contribution in [0.3, 0.4) is 0 Å². The predicted octanol–water partition coefficient (Wildman–Crippen LogP) is 1.11. The van der Waals surface area contributed by atoms with E-state index >= 15 is 0 Å². The number of phenols is 1. The van der Waals surface area contributed by atoms with E-state index < -0.39 is 11.6 Å². The number of aliphatic carboxylic acids is 1. The minimum atomic E-state index is -1.64. The number of rotatable bonds is 3. The Morgan fingerprint density at radius 2 is 2.11 bits per heavy atom. The molecule has 0 spiro atoms. The van der Waals surface area contributed by atoms with E-state index in [1.54, 1.807) is 37.3 Å². The van der Waals surface area contributed by atoms with Crippen molar-refractivity contribution in [1.29, 1.82) is 0 Å². The number of carbonyl (C=O) groups is 1. The zero-order chi connectivity index (χ0) is 14.0. The molecule has 5 heteroatoms. The summed E-state index contributed by atoms with van der Waals surface area (Å²) in [6.07, 6.45) is 3.57. The van der Waals surface area contributed by atoms with Gasteiger partial charge < -0.3 is 15.5 Å². The Morgan fingerprint density at radius 1 is 1.42 bits per heavy atom. The fourth-order valence-electron chi connectivity index (χ4n) is 2.12. The highest BCUT2D eigenvalue weighted by atomic mass is 16.4. The van der Waals surface area contributed by atoms with Crippen molar-refractivity contribution in [3.63, 3.8) is 0 Å². The van der Waals surface area contributed by atoms with Crippen LogP contribution in [0.2, 0.25) is 0 Å². The van der Waals surface area contributed by atoms with E-state index in [-0.39, 0.29) is 12.2 Å². The van der Waals surface area contributed by atoms with Gasteiger partial charge in [0.1, 0.15) is 5.75 Å². The quantitative estimate of drug-likeness (QED) is 0.653. The van der Waals surface area contributed by atoms with Crippen molar-refractivity contribution in [2.45, 2.75) is 19.0 Å². The van der Waals surface area contributed by atoms with Crippen LogP contribution in [-0.2, 0) is 11.2 Å². The number of allylic oxidation sites excluding steroid dienone is 2. The molecule has 5 N–H and O–H groups in total. The standard InChI is InChI=1S/C14H16N2O3/c1-9-6-7-16-14(15,13(18)19)11(9)8-10-4-2-3-5-12(10)17/h2-7,16-17H,8,15H2,1H3,(H,18,19). The lowest BCUT2D eigenvalue weighted by atomic mass is 9.87. The molecule has 0 fully saturated rings. The Hall–Kier alpha value is -2.27. The minimum Gasteiger partial charge on any atom is -0.508 e. The number of aromatic hydroxyl groups is 1. The zero-order valence-corrected chi connectivity index (χ0v) is 10.6. The fourth-order valence-corrected chi connectivity index (χ4v) is 2.12. The van der Waals surface area contributed by atoms with E-state index in [9.17, 15) is 15.0 Å². The molecule has 0 saturated heterocycles. The molecule has 0 aliphatic carbocycles. The van der Waals surface area contributed by atoms with E-state index in [4.69, 9.17) is 5.73 Å². The van der Waals surface area contributed by atoms with Gasteiger partial charge in [-0.3, -0.25) is 5.73 Å². The highest BCUT2D eigenvalue weighted by Gasteiger charge is 2.39. The highest BCUT2D eigenvalue weighted by Crippen LogP contribution is 2.28. The third-order valence-electron chi connectivity index (χ3n) is 3.29. The van der Waals surface area contributed by atoms with Crippen LogP contribution in [0.1, 0.15) is 12.5 Å². The number of phenolic OH excluding ortho intramolecular Hbond substituents is 1. The maximum atomic E-state index is 11.4. The predicted molar refractivity (Wildman–Crippen MR) is 71.3 cm³/mol. The van der Waals surface area contributed by atoms with Crippen molar-refractivity contribution in [3.8, 4) is 5.75 Å². The van der Waals surface area contributed by atoms with Gasteiger partial charge in [0.15, 0.2) is 0 Å². The molecule has 0 bridgehead atoms. The molecule has 5 nitrogen and oxygen atoms in total. The maximum Gasteiger partial charge on any atom is 0.348 e. The minimum absolute atomic E-state index is 0.130. The highest BCUT2D eigenvalue weighted by molar-refractivity contribution is 5.83. The molecule has 1 aromatic rings. The maximum absolute atomic E-state index is 11.4. The average molecular weight is 260 g/mol. The van der Waals surface area contributed by atoms with Crippen molar-refractivity contribution in [2.24, 2.45) is 5.73 Å². The van der Waals surface area contributed by atoms with Crippen LogP contribution in [0.25, 0.3) is 0 Å². The Labute approximate surface area is 111 Å². The van der Waals surface area contributed by atoms with E-state index in [1.165, 1.54) is 6.20 Å². The average Bonchev–Trinajstić information content (AvgIpc) is 2.36. The Bertz CT molecular complexity index is 578. The van der Waals surface area contributed by atoms with Gasteiger partial charge in [-0.1, -0.05) is 18.2 Å². The molecule has 0 amide bonds. The monoisotopic (exact) mass is 260 g/mol. The molecule has 0 radical (unpaired) electrons. The molecule has 1 aliphatic heterocycles. The van der Waals surface area contributed by atoms with Crippen LogP contribution >= 0.6 is 0 Å². The first-order valence-electron chi connectivity index (χ1n) is 5.89. The van der Waals surface area contributed by atoms with Gasteiger partial charge in [0.25, 0.3) is 0 Å². The van der Waals surface area contributed by atoms with Crippen LogP contribution in [-0.4, -0.2) is 21.8 Å². The zero-order valence-electron chi connectivity index (χ0n) is 10.6. The number of carboxylic acid groups (broad SMARTS) is 1. The second kappa shape index (κ2) is 4.78.